The Morgan fingerprint density at radius 1 is 0.776 bits per heavy atom. The summed E-state index contributed by atoms with van der Waals surface area (Å²) < 4.78 is 65.9. The van der Waals surface area contributed by atoms with Gasteiger partial charge < -0.3 is 66.6 Å². The van der Waals surface area contributed by atoms with Crippen molar-refractivity contribution < 1.29 is 56.3 Å². The van der Waals surface area contributed by atoms with Gasteiger partial charge in [-0.15, -0.1) is 0 Å². The van der Waals surface area contributed by atoms with Gasteiger partial charge in [-0.05, 0) is 53.3 Å². The fourth-order valence-electron chi connectivity index (χ4n) is 6.68. The smallest absolute Gasteiger partial charge is 0.325 e. The fraction of sp³-hybridized carbons (Fsp3) is 0.688. The van der Waals surface area contributed by atoms with Crippen molar-refractivity contribution in [3.63, 3.8) is 0 Å². The quantitative estimate of drug-likeness (QED) is 0.0995. The highest BCUT2D eigenvalue weighted by Crippen LogP contribution is 2.55. The van der Waals surface area contributed by atoms with Crippen molar-refractivity contribution in [1.82, 2.24) is 39.0 Å². The van der Waals surface area contributed by atoms with Crippen LogP contribution in [0.15, 0.2) is 25.3 Å². The van der Waals surface area contributed by atoms with Crippen molar-refractivity contribution in [3.05, 3.63) is 25.3 Å². The summed E-state index contributed by atoms with van der Waals surface area (Å²) in [7, 11) is 0. The molecule has 10 atom stereocenters. The van der Waals surface area contributed by atoms with Crippen molar-refractivity contribution in [3.8, 4) is 0 Å². The fourth-order valence-corrected chi connectivity index (χ4v) is 9.51. The number of nitrogens with two attached hydrogens (primary N) is 2. The minimum Gasteiger partial charge on any atom is -0.660 e. The number of aromatic nitrogens is 8. The number of nitrogens with one attached hydrogen (secondary N) is 2. The van der Waals surface area contributed by atoms with E-state index in [0.29, 0.717) is 0 Å². The maximum absolute atomic E-state index is 16.0. The van der Waals surface area contributed by atoms with E-state index in [-0.39, 0.29) is 34.0 Å². The van der Waals surface area contributed by atoms with E-state index in [9.17, 15) is 14.6 Å². The summed E-state index contributed by atoms with van der Waals surface area (Å²) in [5.74, 6) is 0.143. The number of fused-ring (bicyclic) bond motifs is 5. The van der Waals surface area contributed by atoms with Gasteiger partial charge in [0, 0.05) is 0 Å². The molecule has 3 aliphatic rings. The van der Waals surface area contributed by atoms with Crippen LogP contribution in [-0.2, 0) is 56.2 Å². The number of hydrogen-bond donors (Lipinski definition) is 6. The number of alkyl halides is 1. The molecule has 7 rings (SSSR count). The molecule has 7 heterocycles. The molecule has 3 aliphatic heterocycles. The number of quaternary nitrogens is 2. The van der Waals surface area contributed by atoms with Crippen molar-refractivity contribution >= 4 is 71.5 Å². The van der Waals surface area contributed by atoms with Crippen LogP contribution in [0.3, 0.4) is 0 Å². The summed E-state index contributed by atoms with van der Waals surface area (Å²) >= 11 is 10.3. The molecule has 0 aliphatic carbocycles. The van der Waals surface area contributed by atoms with E-state index in [2.05, 4.69) is 71.4 Å². The number of ether oxygens (including phenoxy) is 2. The molecule has 58 heavy (non-hydrogen) atoms. The molecule has 4 aromatic heterocycles. The van der Waals surface area contributed by atoms with Gasteiger partial charge in [-0.3, -0.25) is 18.2 Å². The first-order valence-corrected chi connectivity index (χ1v) is 24.2. The minimum absolute atomic E-state index is 0.0582. The predicted octanol–water partition coefficient (Wildman–Crippen LogP) is -0.125. The molecule has 0 amide bonds. The zero-order valence-corrected chi connectivity index (χ0v) is 36.6. The van der Waals surface area contributed by atoms with Crippen LogP contribution in [0.4, 0.5) is 16.0 Å². The molecule has 0 aromatic carbocycles. The van der Waals surface area contributed by atoms with Crippen molar-refractivity contribution in [2.24, 2.45) is 0 Å². The van der Waals surface area contributed by atoms with Crippen molar-refractivity contribution in [1.29, 1.82) is 0 Å². The molecule has 0 radical (unpaired) electrons. The summed E-state index contributed by atoms with van der Waals surface area (Å²) in [5, 5.41) is 11.1. The van der Waals surface area contributed by atoms with E-state index in [1.54, 1.807) is 9.80 Å². The van der Waals surface area contributed by atoms with Crippen LogP contribution in [0.5, 0.6) is 0 Å². The lowest BCUT2D eigenvalue weighted by atomic mass is 10.1. The Hall–Kier alpha value is -2.54. The first-order chi connectivity index (χ1) is 27.6. The van der Waals surface area contributed by atoms with E-state index in [1.165, 1.54) is 73.7 Å². The Labute approximate surface area is 345 Å². The van der Waals surface area contributed by atoms with Gasteiger partial charge in [-0.1, -0.05) is 0 Å². The van der Waals surface area contributed by atoms with E-state index < -0.39 is 75.9 Å². The van der Waals surface area contributed by atoms with Crippen molar-refractivity contribution in [2.45, 2.75) is 90.7 Å². The number of anilines is 2. The van der Waals surface area contributed by atoms with Gasteiger partial charge >= 0.3 is 6.72 Å². The molecule has 0 spiro atoms. The van der Waals surface area contributed by atoms with Gasteiger partial charge in [0.1, 0.15) is 54.2 Å². The van der Waals surface area contributed by atoms with Crippen LogP contribution < -0.4 is 21.3 Å². The molecule has 26 heteroatoms. The van der Waals surface area contributed by atoms with Crippen LogP contribution >= 0.6 is 13.5 Å². The summed E-state index contributed by atoms with van der Waals surface area (Å²) in [6, 6.07) is 0. The number of rotatable bonds is 8. The highest BCUT2D eigenvalue weighted by Gasteiger charge is 2.52. The van der Waals surface area contributed by atoms with Gasteiger partial charge in [-0.25, -0.2) is 34.3 Å². The lowest BCUT2D eigenvalue weighted by Crippen LogP contribution is -3.11. The number of hydrogen-bond acceptors (Lipinski definition) is 18. The SMILES string of the molecule is CC[NH+](CC)CC.CC[NH+](CC)CC.Nc1ncnc2c1ncn2[C@@H]1O[C@@H]2COP(O)(=S)O[C@@H]3[C@H](O)[C@@H](COP(=O)([S-])O[C@H]2[C@H]1F)O[C@H]3n1cnc2c(N)ncnc21. The topological polar surface area (TPSA) is 261 Å². The van der Waals surface area contributed by atoms with Gasteiger partial charge in [0.05, 0.1) is 65.1 Å². The van der Waals surface area contributed by atoms with Crippen LogP contribution in [0.25, 0.3) is 22.3 Å². The molecule has 3 saturated heterocycles. The van der Waals surface area contributed by atoms with Crippen LogP contribution in [-0.4, -0.2) is 138 Å². The maximum atomic E-state index is 16.0. The third-order valence-corrected chi connectivity index (χ3v) is 13.3. The third kappa shape index (κ3) is 10.7. The molecule has 2 bridgehead atoms. The summed E-state index contributed by atoms with van der Waals surface area (Å²) in [6.07, 6.45) is -6.85. The Morgan fingerprint density at radius 3 is 1.72 bits per heavy atom. The van der Waals surface area contributed by atoms with Crippen LogP contribution in [0, 0.1) is 0 Å². The Bertz CT molecular complexity index is 2030. The molecule has 324 valence electrons. The monoisotopic (exact) mass is 895 g/mol. The zero-order valence-electron chi connectivity index (χ0n) is 33.2. The highest BCUT2D eigenvalue weighted by molar-refractivity contribution is 8.32. The van der Waals surface area contributed by atoms with Gasteiger partial charge in [0.15, 0.2) is 48.4 Å². The lowest BCUT2D eigenvalue weighted by Gasteiger charge is -2.31. The number of aliphatic hydroxyl groups excluding tert-OH is 1. The number of nitrogens with zero attached hydrogens (tertiary/aromatic N) is 8. The average Bonchev–Trinajstić information content (AvgIpc) is 3.97. The maximum Gasteiger partial charge on any atom is 0.325 e. The third-order valence-electron chi connectivity index (χ3n) is 10.2. The molecule has 0 saturated carbocycles. The lowest BCUT2D eigenvalue weighted by molar-refractivity contribution is -0.894. The second kappa shape index (κ2) is 20.3. The number of nitrogen functional groups attached to an aromatic ring is 2. The molecule has 8 N–H and O–H groups in total. The van der Waals surface area contributed by atoms with Crippen LogP contribution in [0.1, 0.15) is 54.0 Å². The predicted molar refractivity (Wildman–Crippen MR) is 216 cm³/mol. The number of halogens is 1. The first-order valence-electron chi connectivity index (χ1n) is 19.1. The molecule has 3 fully saturated rings. The van der Waals surface area contributed by atoms with E-state index >= 15 is 4.39 Å². The standard InChI is InChI=1S/C20H23FN10O9P2S2.2C6H15N/c21-9-13-8(38-19(9)30-5-28-10-15(22)24-3-26-17(10)30)2-36-42(34,44)40-14-12(32)7(1-35-41(33,43)39-13)37-20(14)31-6-29-11-16(23)25-4-27-18(11)31;2*1-4-7(5-2)6-3/h3-9,12-14,19-20,32H,1-2H2,(H,33,43)(H,34,44)(H2,22,24,26)(H2,23,25,27);2*4-6H2,1-3H3/p+1/t7-,8-,9-,12-,13-,14-,19-,20-,41?,42?;;/m1../s1. The zero-order chi connectivity index (χ0) is 42.4. The molecule has 4 aromatic rings. The van der Waals surface area contributed by atoms with E-state index in [0.717, 1.165) is 0 Å². The first kappa shape index (κ1) is 46.5. The van der Waals surface area contributed by atoms with Gasteiger partial charge in [0.2, 0.25) is 0 Å². The van der Waals surface area contributed by atoms with Crippen LogP contribution in [0.2, 0.25) is 0 Å². The summed E-state index contributed by atoms with van der Waals surface area (Å²) in [4.78, 5) is 38.7. The normalized spacial score (nSPS) is 31.5. The highest BCUT2D eigenvalue weighted by atomic mass is 32.7. The number of aliphatic hydroxyl groups is 1. The van der Waals surface area contributed by atoms with E-state index in [4.69, 9.17) is 63.1 Å². The average molecular weight is 896 g/mol. The minimum atomic E-state index is -4.47. The molecular weight excluding hydrogens is 842 g/mol. The van der Waals surface area contributed by atoms with Gasteiger partial charge in [-0.2, -0.15) is 0 Å². The van der Waals surface area contributed by atoms with E-state index in [1.807, 2.05) is 0 Å². The summed E-state index contributed by atoms with van der Waals surface area (Å²) in [6.45, 7) is 11.1. The Balaban J connectivity index is 0.000000393. The summed E-state index contributed by atoms with van der Waals surface area (Å²) in [5.41, 5.74) is 12.5. The molecule has 21 nitrogen and oxygen atoms in total. The number of imidazole rings is 2. The molecule has 2 unspecified atom stereocenters. The van der Waals surface area contributed by atoms with Gasteiger partial charge in [0.25, 0.3) is 0 Å². The Morgan fingerprint density at radius 2 is 1.24 bits per heavy atom. The second-order valence-electron chi connectivity index (χ2n) is 13.5. The largest absolute Gasteiger partial charge is 0.660 e. The molecular formula is C32H54FN12O9P2S2+. The Kier molecular flexibility index (Phi) is 16.3. The van der Waals surface area contributed by atoms with Crippen molar-refractivity contribution in [2.75, 3.05) is 63.9 Å². The second-order valence-corrected chi connectivity index (χ2v) is 19.0.